The van der Waals surface area contributed by atoms with Crippen LogP contribution in [0.2, 0.25) is 0 Å². The van der Waals surface area contributed by atoms with Crippen molar-refractivity contribution in [2.75, 3.05) is 26.2 Å². The first-order valence-corrected chi connectivity index (χ1v) is 10.1. The van der Waals surface area contributed by atoms with Gasteiger partial charge in [0.15, 0.2) is 11.9 Å². The average Bonchev–Trinajstić information content (AvgIpc) is 2.71. The Morgan fingerprint density at radius 1 is 0.867 bits per heavy atom. The minimum absolute atomic E-state index is 0.0657. The summed E-state index contributed by atoms with van der Waals surface area (Å²) < 4.78 is 5.92. The molecule has 0 aliphatic carbocycles. The number of guanidine groups is 2. The number of nitrogens with one attached hydrogen (secondary N) is 1. The van der Waals surface area contributed by atoms with Crippen molar-refractivity contribution < 1.29 is 4.74 Å². The Bertz CT molecular complexity index is 839. The van der Waals surface area contributed by atoms with Crippen LogP contribution in [0.15, 0.2) is 52.4 Å². The summed E-state index contributed by atoms with van der Waals surface area (Å²) in [5.74, 6) is 1.03. The lowest BCUT2D eigenvalue weighted by atomic mass is 10.0. The molecule has 8 heteroatoms. The number of aryl methyl sites for hydroxylation is 1. The molecular weight excluding hydrogens is 378 g/mol. The van der Waals surface area contributed by atoms with Gasteiger partial charge < -0.3 is 33.0 Å². The molecule has 0 amide bonds. The zero-order chi connectivity index (χ0) is 21.8. The predicted molar refractivity (Wildman–Crippen MR) is 124 cm³/mol. The first-order chi connectivity index (χ1) is 14.5. The molecule has 0 bridgehead atoms. The number of hydrogen-bond donors (Lipinski definition) is 5. The average molecular weight is 412 g/mol. The summed E-state index contributed by atoms with van der Waals surface area (Å²) in [4.78, 5) is 7.96. The third kappa shape index (κ3) is 8.40. The molecule has 162 valence electrons. The van der Waals surface area contributed by atoms with Gasteiger partial charge >= 0.3 is 0 Å². The van der Waals surface area contributed by atoms with Gasteiger partial charge in [0, 0.05) is 18.7 Å². The van der Waals surface area contributed by atoms with Gasteiger partial charge in [0.05, 0.1) is 6.54 Å². The third-order valence-corrected chi connectivity index (χ3v) is 4.46. The number of ether oxygens (including phenoxy) is 1. The third-order valence-electron chi connectivity index (χ3n) is 4.46. The fourth-order valence-corrected chi connectivity index (χ4v) is 2.91. The Hall–Kier alpha value is -3.26. The molecule has 0 aromatic heterocycles. The van der Waals surface area contributed by atoms with E-state index in [1.54, 1.807) is 0 Å². The molecule has 0 aliphatic rings. The summed E-state index contributed by atoms with van der Waals surface area (Å²) in [6, 6.07) is 14.7. The molecular formula is C22H33N7O. The summed E-state index contributed by atoms with van der Waals surface area (Å²) in [6.45, 7) is 5.11. The Kier molecular flexibility index (Phi) is 9.47. The lowest BCUT2D eigenvalue weighted by Crippen LogP contribution is -2.23. The van der Waals surface area contributed by atoms with E-state index in [0.29, 0.717) is 26.2 Å². The van der Waals surface area contributed by atoms with Gasteiger partial charge in [-0.2, -0.15) is 0 Å². The van der Waals surface area contributed by atoms with Gasteiger partial charge in [-0.15, -0.1) is 0 Å². The largest absolute Gasteiger partial charge is 0.491 e. The van der Waals surface area contributed by atoms with Crippen LogP contribution < -0.4 is 33.0 Å². The first-order valence-electron chi connectivity index (χ1n) is 10.1. The predicted octanol–water partition coefficient (Wildman–Crippen LogP) is 1.46. The van der Waals surface area contributed by atoms with Crippen molar-refractivity contribution in [2.45, 2.75) is 26.3 Å². The molecule has 0 spiro atoms. The van der Waals surface area contributed by atoms with E-state index >= 15 is 0 Å². The van der Waals surface area contributed by atoms with Crippen LogP contribution in [0.4, 0.5) is 0 Å². The van der Waals surface area contributed by atoms with Crippen LogP contribution in [-0.4, -0.2) is 38.2 Å². The van der Waals surface area contributed by atoms with Crippen molar-refractivity contribution in [3.05, 3.63) is 53.6 Å². The van der Waals surface area contributed by atoms with E-state index in [9.17, 15) is 0 Å². The minimum Gasteiger partial charge on any atom is -0.491 e. The van der Waals surface area contributed by atoms with Crippen molar-refractivity contribution in [2.24, 2.45) is 32.9 Å². The second-order valence-corrected chi connectivity index (χ2v) is 7.03. The van der Waals surface area contributed by atoms with E-state index in [-0.39, 0.29) is 11.9 Å². The maximum atomic E-state index is 5.92. The number of rotatable bonds is 12. The van der Waals surface area contributed by atoms with Crippen molar-refractivity contribution in [1.82, 2.24) is 5.32 Å². The first kappa shape index (κ1) is 23.0. The Labute approximate surface area is 178 Å². The fourth-order valence-electron chi connectivity index (χ4n) is 2.91. The smallest absolute Gasteiger partial charge is 0.186 e. The van der Waals surface area contributed by atoms with Gasteiger partial charge in [0.2, 0.25) is 0 Å². The molecule has 9 N–H and O–H groups in total. The molecule has 0 saturated heterocycles. The number of nitrogens with two attached hydrogens (primary N) is 4. The van der Waals surface area contributed by atoms with Crippen LogP contribution >= 0.6 is 0 Å². The zero-order valence-corrected chi connectivity index (χ0v) is 17.6. The number of hydrogen-bond acceptors (Lipinski definition) is 4. The van der Waals surface area contributed by atoms with E-state index in [0.717, 1.165) is 36.3 Å². The molecule has 0 radical (unpaired) electrons. The van der Waals surface area contributed by atoms with Crippen molar-refractivity contribution in [3.63, 3.8) is 0 Å². The zero-order valence-electron chi connectivity index (χ0n) is 17.6. The van der Waals surface area contributed by atoms with Crippen LogP contribution in [0, 0.1) is 6.92 Å². The van der Waals surface area contributed by atoms with Crippen LogP contribution in [0.25, 0.3) is 11.1 Å². The van der Waals surface area contributed by atoms with Gasteiger partial charge in [0.1, 0.15) is 12.4 Å². The quantitative estimate of drug-likeness (QED) is 0.203. The SMILES string of the molecule is Cc1ccc(-c2ccc(OCCN=C(N)N)c(CNCCCCN=C(N)N)c2)cc1. The molecule has 2 aromatic rings. The number of unbranched alkanes of at least 4 members (excludes halogenated alkanes) is 1. The molecule has 8 nitrogen and oxygen atoms in total. The highest BCUT2D eigenvalue weighted by molar-refractivity contribution is 5.75. The van der Waals surface area contributed by atoms with Gasteiger partial charge in [0.25, 0.3) is 0 Å². The lowest BCUT2D eigenvalue weighted by molar-refractivity contribution is 0.324. The molecule has 0 atom stereocenters. The number of aliphatic imine (C=N–C) groups is 2. The Morgan fingerprint density at radius 2 is 1.53 bits per heavy atom. The lowest BCUT2D eigenvalue weighted by Gasteiger charge is -2.14. The second-order valence-electron chi connectivity index (χ2n) is 7.03. The molecule has 0 aliphatic heterocycles. The second kappa shape index (κ2) is 12.3. The maximum Gasteiger partial charge on any atom is 0.186 e. The molecule has 0 heterocycles. The van der Waals surface area contributed by atoms with Gasteiger partial charge in [-0.25, -0.2) is 0 Å². The Balaban J connectivity index is 2.01. The summed E-state index contributed by atoms with van der Waals surface area (Å²) in [7, 11) is 0. The topological polar surface area (TPSA) is 150 Å². The van der Waals surface area contributed by atoms with Crippen LogP contribution in [-0.2, 0) is 6.54 Å². The molecule has 0 unspecified atom stereocenters. The van der Waals surface area contributed by atoms with E-state index in [1.165, 1.54) is 11.1 Å². The van der Waals surface area contributed by atoms with E-state index in [4.69, 9.17) is 27.7 Å². The molecule has 2 rings (SSSR count). The van der Waals surface area contributed by atoms with Gasteiger partial charge in [-0.1, -0.05) is 35.9 Å². The van der Waals surface area contributed by atoms with Crippen LogP contribution in [0.5, 0.6) is 5.75 Å². The summed E-state index contributed by atoms with van der Waals surface area (Å²) in [5.41, 5.74) is 26.1. The Morgan fingerprint density at radius 3 is 2.23 bits per heavy atom. The highest BCUT2D eigenvalue weighted by Crippen LogP contribution is 2.27. The van der Waals surface area contributed by atoms with E-state index < -0.39 is 0 Å². The molecule has 2 aromatic carbocycles. The highest BCUT2D eigenvalue weighted by atomic mass is 16.5. The van der Waals surface area contributed by atoms with Gasteiger partial charge in [-0.05, 0) is 49.6 Å². The maximum absolute atomic E-state index is 5.92. The van der Waals surface area contributed by atoms with Crippen LogP contribution in [0.1, 0.15) is 24.0 Å². The summed E-state index contributed by atoms with van der Waals surface area (Å²) in [5, 5.41) is 3.47. The van der Waals surface area contributed by atoms with Crippen LogP contribution in [0.3, 0.4) is 0 Å². The minimum atomic E-state index is 0.0657. The summed E-state index contributed by atoms with van der Waals surface area (Å²) in [6.07, 6.45) is 1.91. The fraction of sp³-hybridized carbons (Fsp3) is 0.364. The monoisotopic (exact) mass is 411 g/mol. The normalized spacial score (nSPS) is 10.4. The van der Waals surface area contributed by atoms with Crippen molar-refractivity contribution in [1.29, 1.82) is 0 Å². The standard InChI is InChI=1S/C22H33N7O/c1-16-4-6-17(7-5-16)18-8-9-20(30-13-12-29-22(25)26)19(14-18)15-27-10-2-3-11-28-21(23)24/h4-9,14,27H,2-3,10-13,15H2,1H3,(H4,23,24,28)(H4,25,26,29). The number of nitrogens with zero attached hydrogens (tertiary/aromatic N) is 2. The molecule has 0 saturated carbocycles. The van der Waals surface area contributed by atoms with E-state index in [1.807, 2.05) is 6.07 Å². The molecule has 0 fully saturated rings. The van der Waals surface area contributed by atoms with Gasteiger partial charge in [-0.3, -0.25) is 9.98 Å². The van der Waals surface area contributed by atoms with E-state index in [2.05, 4.69) is 58.6 Å². The van der Waals surface area contributed by atoms with Crippen molar-refractivity contribution >= 4 is 11.9 Å². The molecule has 30 heavy (non-hydrogen) atoms. The number of benzene rings is 2. The van der Waals surface area contributed by atoms with Crippen molar-refractivity contribution in [3.8, 4) is 16.9 Å². The summed E-state index contributed by atoms with van der Waals surface area (Å²) >= 11 is 0. The highest BCUT2D eigenvalue weighted by Gasteiger charge is 2.07.